The molecule has 0 bridgehead atoms. The third kappa shape index (κ3) is 4.42. The fourth-order valence-corrected chi connectivity index (χ4v) is 2.14. The Labute approximate surface area is 90.7 Å². The van der Waals surface area contributed by atoms with Crippen molar-refractivity contribution in [1.82, 2.24) is 4.72 Å². The monoisotopic (exact) mass is 228 g/mol. The maximum absolute atomic E-state index is 10.8. The fraction of sp³-hybridized carbons (Fsp3) is 0.400. The maximum Gasteiger partial charge on any atom is 0.274 e. The predicted octanol–water partition coefficient (Wildman–Crippen LogP) is 0.719. The molecule has 84 valence electrons. The third-order valence-corrected chi connectivity index (χ3v) is 2.88. The van der Waals surface area contributed by atoms with Gasteiger partial charge in [-0.2, -0.15) is 13.1 Å². The maximum atomic E-state index is 10.8. The van der Waals surface area contributed by atoms with Crippen LogP contribution in [-0.4, -0.2) is 14.5 Å². The van der Waals surface area contributed by atoms with E-state index in [1.807, 2.05) is 31.2 Å². The summed E-state index contributed by atoms with van der Waals surface area (Å²) in [4.78, 5) is 0. The first-order valence-corrected chi connectivity index (χ1v) is 6.27. The van der Waals surface area contributed by atoms with Gasteiger partial charge in [0.25, 0.3) is 10.2 Å². The zero-order valence-electron chi connectivity index (χ0n) is 8.90. The molecule has 1 aromatic rings. The van der Waals surface area contributed by atoms with Gasteiger partial charge >= 0.3 is 0 Å². The van der Waals surface area contributed by atoms with Gasteiger partial charge in [0, 0.05) is 6.04 Å². The molecule has 0 saturated heterocycles. The Hall–Kier alpha value is -0.910. The van der Waals surface area contributed by atoms with Gasteiger partial charge in [0.15, 0.2) is 0 Å². The standard InChI is InChI=1S/C10H16N2O2S/c1-8-5-3-4-6-10(8)7-9(2)12-15(11,13)14/h3-6,9,12H,7H2,1-2H3,(H2,11,13,14). The van der Waals surface area contributed by atoms with Crippen molar-refractivity contribution in [2.24, 2.45) is 5.14 Å². The van der Waals surface area contributed by atoms with Crippen molar-refractivity contribution < 1.29 is 8.42 Å². The third-order valence-electron chi connectivity index (χ3n) is 2.15. The Morgan fingerprint density at radius 2 is 2.00 bits per heavy atom. The highest BCUT2D eigenvalue weighted by atomic mass is 32.2. The Morgan fingerprint density at radius 3 is 2.53 bits per heavy atom. The van der Waals surface area contributed by atoms with E-state index >= 15 is 0 Å². The number of aryl methyl sites for hydroxylation is 1. The second-order valence-corrected chi connectivity index (χ2v) is 5.02. The van der Waals surface area contributed by atoms with Crippen molar-refractivity contribution in [2.45, 2.75) is 26.3 Å². The zero-order chi connectivity index (χ0) is 11.5. The van der Waals surface area contributed by atoms with E-state index in [9.17, 15) is 8.42 Å². The second-order valence-electron chi connectivity index (χ2n) is 3.69. The molecule has 0 spiro atoms. The SMILES string of the molecule is Cc1ccccc1CC(C)NS(N)(=O)=O. The van der Waals surface area contributed by atoms with Crippen LogP contribution in [0.4, 0.5) is 0 Å². The summed E-state index contributed by atoms with van der Waals surface area (Å²) in [5, 5.41) is 4.89. The number of nitrogens with one attached hydrogen (secondary N) is 1. The molecule has 1 aromatic carbocycles. The van der Waals surface area contributed by atoms with E-state index in [2.05, 4.69) is 4.72 Å². The quantitative estimate of drug-likeness (QED) is 0.797. The van der Waals surface area contributed by atoms with Crippen LogP contribution in [0.15, 0.2) is 24.3 Å². The smallest absolute Gasteiger partial charge is 0.216 e. The molecule has 0 aliphatic carbocycles. The molecule has 1 atom stereocenters. The van der Waals surface area contributed by atoms with Crippen LogP contribution in [0.25, 0.3) is 0 Å². The lowest BCUT2D eigenvalue weighted by atomic mass is 10.0. The molecule has 0 aliphatic rings. The molecule has 15 heavy (non-hydrogen) atoms. The number of nitrogens with two attached hydrogens (primary N) is 1. The molecule has 0 heterocycles. The molecule has 1 unspecified atom stereocenters. The van der Waals surface area contributed by atoms with E-state index in [-0.39, 0.29) is 6.04 Å². The fourth-order valence-electron chi connectivity index (χ4n) is 1.49. The van der Waals surface area contributed by atoms with E-state index in [4.69, 9.17) is 5.14 Å². The van der Waals surface area contributed by atoms with E-state index in [1.165, 1.54) is 0 Å². The van der Waals surface area contributed by atoms with Crippen LogP contribution in [0.1, 0.15) is 18.1 Å². The van der Waals surface area contributed by atoms with Gasteiger partial charge in [-0.15, -0.1) is 0 Å². The van der Waals surface area contributed by atoms with Gasteiger partial charge in [0.05, 0.1) is 0 Å². The largest absolute Gasteiger partial charge is 0.274 e. The normalized spacial score (nSPS) is 13.8. The molecule has 4 nitrogen and oxygen atoms in total. The summed E-state index contributed by atoms with van der Waals surface area (Å²) >= 11 is 0. The summed E-state index contributed by atoms with van der Waals surface area (Å²) in [6, 6.07) is 7.68. The number of benzene rings is 1. The molecule has 0 radical (unpaired) electrons. The van der Waals surface area contributed by atoms with Crippen molar-refractivity contribution in [3.8, 4) is 0 Å². The summed E-state index contributed by atoms with van der Waals surface area (Å²) < 4.78 is 23.9. The summed E-state index contributed by atoms with van der Waals surface area (Å²) in [7, 11) is -3.61. The van der Waals surface area contributed by atoms with Crippen LogP contribution < -0.4 is 9.86 Å². The predicted molar refractivity (Wildman–Crippen MR) is 60.6 cm³/mol. The van der Waals surface area contributed by atoms with Crippen LogP contribution in [0.3, 0.4) is 0 Å². The zero-order valence-corrected chi connectivity index (χ0v) is 9.71. The first-order valence-electron chi connectivity index (χ1n) is 4.73. The minimum absolute atomic E-state index is 0.193. The summed E-state index contributed by atoms with van der Waals surface area (Å²) in [5.41, 5.74) is 2.28. The summed E-state index contributed by atoms with van der Waals surface area (Å²) in [5.74, 6) is 0. The van der Waals surface area contributed by atoms with Crippen molar-refractivity contribution in [3.05, 3.63) is 35.4 Å². The highest BCUT2D eigenvalue weighted by Gasteiger charge is 2.10. The van der Waals surface area contributed by atoms with E-state index in [0.717, 1.165) is 11.1 Å². The molecule has 0 fully saturated rings. The van der Waals surface area contributed by atoms with E-state index in [0.29, 0.717) is 6.42 Å². The van der Waals surface area contributed by atoms with E-state index in [1.54, 1.807) is 6.92 Å². The lowest BCUT2D eigenvalue weighted by molar-refractivity contribution is 0.561. The molecule has 0 amide bonds. The molecular formula is C10H16N2O2S. The van der Waals surface area contributed by atoms with Crippen LogP contribution in [-0.2, 0) is 16.6 Å². The van der Waals surface area contributed by atoms with Crippen molar-refractivity contribution in [2.75, 3.05) is 0 Å². The average molecular weight is 228 g/mol. The minimum Gasteiger partial charge on any atom is -0.216 e. The topological polar surface area (TPSA) is 72.2 Å². The first kappa shape index (κ1) is 12.2. The van der Waals surface area contributed by atoms with Gasteiger partial charge in [-0.3, -0.25) is 0 Å². The van der Waals surface area contributed by atoms with Crippen LogP contribution in [0.2, 0.25) is 0 Å². The highest BCUT2D eigenvalue weighted by Crippen LogP contribution is 2.09. The summed E-state index contributed by atoms with van der Waals surface area (Å²) in [6.45, 7) is 3.79. The van der Waals surface area contributed by atoms with Crippen LogP contribution in [0, 0.1) is 6.92 Å². The molecule has 0 saturated carbocycles. The van der Waals surface area contributed by atoms with Crippen LogP contribution in [0.5, 0.6) is 0 Å². The Balaban J connectivity index is 2.67. The van der Waals surface area contributed by atoms with Gasteiger partial charge in [-0.1, -0.05) is 24.3 Å². The van der Waals surface area contributed by atoms with Crippen molar-refractivity contribution in [1.29, 1.82) is 0 Å². The summed E-state index contributed by atoms with van der Waals surface area (Å²) in [6.07, 6.45) is 0.642. The van der Waals surface area contributed by atoms with Crippen molar-refractivity contribution in [3.63, 3.8) is 0 Å². The molecule has 0 aliphatic heterocycles. The van der Waals surface area contributed by atoms with Gasteiger partial charge in [-0.25, -0.2) is 5.14 Å². The Bertz CT molecular complexity index is 429. The number of hydrogen-bond acceptors (Lipinski definition) is 2. The molecule has 0 aromatic heterocycles. The van der Waals surface area contributed by atoms with Gasteiger partial charge in [0.1, 0.15) is 0 Å². The average Bonchev–Trinajstić information content (AvgIpc) is 2.05. The highest BCUT2D eigenvalue weighted by molar-refractivity contribution is 7.87. The van der Waals surface area contributed by atoms with Crippen LogP contribution >= 0.6 is 0 Å². The molecule has 1 rings (SSSR count). The Morgan fingerprint density at radius 1 is 1.40 bits per heavy atom. The number of hydrogen-bond donors (Lipinski definition) is 2. The molecule has 3 N–H and O–H groups in total. The van der Waals surface area contributed by atoms with Gasteiger partial charge in [-0.05, 0) is 31.4 Å². The molecular weight excluding hydrogens is 212 g/mol. The minimum atomic E-state index is -3.61. The first-order chi connectivity index (χ1) is 6.88. The van der Waals surface area contributed by atoms with Gasteiger partial charge in [0.2, 0.25) is 0 Å². The lowest BCUT2D eigenvalue weighted by Crippen LogP contribution is -2.38. The van der Waals surface area contributed by atoms with Crippen molar-refractivity contribution >= 4 is 10.2 Å². The number of rotatable bonds is 4. The lowest BCUT2D eigenvalue weighted by Gasteiger charge is -2.13. The second kappa shape index (κ2) is 4.74. The Kier molecular flexibility index (Phi) is 3.84. The molecule has 5 heteroatoms. The van der Waals surface area contributed by atoms with E-state index < -0.39 is 10.2 Å². The van der Waals surface area contributed by atoms with Gasteiger partial charge < -0.3 is 0 Å².